The first-order valence-electron chi connectivity index (χ1n) is 10.7. The Hall–Kier alpha value is -2.00. The molecule has 32 heavy (non-hydrogen) atoms. The molecule has 0 radical (unpaired) electrons. The van der Waals surface area contributed by atoms with Gasteiger partial charge in [0, 0.05) is 41.5 Å². The van der Waals surface area contributed by atoms with Gasteiger partial charge in [0.1, 0.15) is 0 Å². The van der Waals surface area contributed by atoms with Crippen LogP contribution in [0, 0.1) is 0 Å². The van der Waals surface area contributed by atoms with Gasteiger partial charge in [-0.1, -0.05) is 28.1 Å². The van der Waals surface area contributed by atoms with Crippen molar-refractivity contribution in [1.82, 2.24) is 4.90 Å². The Morgan fingerprint density at radius 3 is 2.59 bits per heavy atom. The molecule has 1 amide bonds. The molecule has 2 heterocycles. The maximum absolute atomic E-state index is 12.9. The lowest BCUT2D eigenvalue weighted by atomic mass is 10.1. The molecular weight excluding hydrogens is 492 g/mol. The lowest BCUT2D eigenvalue weighted by Crippen LogP contribution is -2.36. The first-order valence-corrected chi connectivity index (χ1v) is 13.2. The van der Waals surface area contributed by atoms with E-state index in [4.69, 9.17) is 4.74 Å². The number of ether oxygens (including phenoxy) is 1. The van der Waals surface area contributed by atoms with E-state index < -0.39 is 9.84 Å². The van der Waals surface area contributed by atoms with Crippen molar-refractivity contribution in [2.45, 2.75) is 36.7 Å². The third kappa shape index (κ3) is 5.49. The molecule has 1 fully saturated rings. The number of hydrogen-bond acceptors (Lipinski definition) is 5. The summed E-state index contributed by atoms with van der Waals surface area (Å²) in [4.78, 5) is 15.5. The van der Waals surface area contributed by atoms with Crippen LogP contribution in [0.1, 0.15) is 30.4 Å². The van der Waals surface area contributed by atoms with E-state index in [9.17, 15) is 13.2 Å². The largest absolute Gasteiger partial charge is 0.381 e. The summed E-state index contributed by atoms with van der Waals surface area (Å²) in [5.74, 6) is -0.363. The second-order valence-corrected chi connectivity index (χ2v) is 11.3. The molecule has 2 aliphatic heterocycles. The number of sulfone groups is 1. The molecule has 0 atom stereocenters. The van der Waals surface area contributed by atoms with Gasteiger partial charge in [0.2, 0.25) is 0 Å². The van der Waals surface area contributed by atoms with Gasteiger partial charge in [0.25, 0.3) is 5.91 Å². The monoisotopic (exact) mass is 518 g/mol. The molecule has 8 heteroatoms. The van der Waals surface area contributed by atoms with Crippen LogP contribution in [0.15, 0.2) is 57.4 Å². The first kappa shape index (κ1) is 23.2. The van der Waals surface area contributed by atoms with Gasteiger partial charge in [-0.25, -0.2) is 8.42 Å². The SMILES string of the molecule is CN(Cc1ccc(NC(=O)C2=Cc3cc(Br)ccc3S(=O)(=O)CC2)cc1)C1CCOCC1. The van der Waals surface area contributed by atoms with Crippen molar-refractivity contribution in [1.29, 1.82) is 0 Å². The first-order chi connectivity index (χ1) is 15.3. The summed E-state index contributed by atoms with van der Waals surface area (Å²) >= 11 is 3.38. The van der Waals surface area contributed by atoms with Crippen LogP contribution in [0.4, 0.5) is 5.69 Å². The lowest BCUT2D eigenvalue weighted by molar-refractivity contribution is -0.112. The minimum absolute atomic E-state index is 0.0850. The van der Waals surface area contributed by atoms with E-state index >= 15 is 0 Å². The van der Waals surface area contributed by atoms with Crippen LogP contribution in [-0.4, -0.2) is 51.3 Å². The van der Waals surface area contributed by atoms with E-state index in [-0.39, 0.29) is 23.0 Å². The predicted molar refractivity (Wildman–Crippen MR) is 129 cm³/mol. The summed E-state index contributed by atoms with van der Waals surface area (Å²) in [5, 5.41) is 2.91. The predicted octanol–water partition coefficient (Wildman–Crippen LogP) is 4.26. The number of carbonyl (C=O) groups excluding carboxylic acids is 1. The molecule has 4 rings (SSSR count). The second-order valence-electron chi connectivity index (χ2n) is 8.33. The number of carbonyl (C=O) groups is 1. The van der Waals surface area contributed by atoms with Crippen molar-refractivity contribution in [3.63, 3.8) is 0 Å². The van der Waals surface area contributed by atoms with E-state index in [1.807, 2.05) is 24.3 Å². The minimum atomic E-state index is -3.43. The standard InChI is InChI=1S/C24H27BrN2O4S/c1-27(22-8-11-31-12-9-22)16-17-2-5-21(6-3-17)26-24(28)18-10-13-32(29,30)23-7-4-20(25)15-19(23)14-18/h2-7,14-15,22H,8-13,16H2,1H3,(H,26,28). The highest BCUT2D eigenvalue weighted by atomic mass is 79.9. The third-order valence-corrected chi connectivity index (χ3v) is 8.30. The summed E-state index contributed by atoms with van der Waals surface area (Å²) in [7, 11) is -1.29. The van der Waals surface area contributed by atoms with Crippen LogP contribution >= 0.6 is 15.9 Å². The average molecular weight is 519 g/mol. The molecule has 0 aliphatic carbocycles. The fraction of sp³-hybridized carbons (Fsp3) is 0.375. The van der Waals surface area contributed by atoms with Gasteiger partial charge in [-0.15, -0.1) is 0 Å². The van der Waals surface area contributed by atoms with Gasteiger partial charge in [-0.2, -0.15) is 0 Å². The number of nitrogens with zero attached hydrogens (tertiary/aromatic N) is 1. The summed E-state index contributed by atoms with van der Waals surface area (Å²) in [6.45, 7) is 2.48. The summed E-state index contributed by atoms with van der Waals surface area (Å²) in [5.41, 5.74) is 2.85. The Bertz CT molecular complexity index is 1120. The van der Waals surface area contributed by atoms with Crippen LogP contribution in [0.3, 0.4) is 0 Å². The van der Waals surface area contributed by atoms with Crippen molar-refractivity contribution in [3.8, 4) is 0 Å². The molecule has 1 N–H and O–H groups in total. The number of nitrogens with one attached hydrogen (secondary N) is 1. The molecule has 170 valence electrons. The highest BCUT2D eigenvalue weighted by molar-refractivity contribution is 9.10. The Labute approximate surface area is 197 Å². The highest BCUT2D eigenvalue weighted by Gasteiger charge is 2.25. The summed E-state index contributed by atoms with van der Waals surface area (Å²) < 4.78 is 31.4. The number of amides is 1. The third-order valence-electron chi connectivity index (χ3n) is 6.03. The molecule has 0 saturated carbocycles. The van der Waals surface area contributed by atoms with Crippen LogP contribution < -0.4 is 5.32 Å². The van der Waals surface area contributed by atoms with Gasteiger partial charge >= 0.3 is 0 Å². The van der Waals surface area contributed by atoms with Crippen molar-refractivity contribution in [2.24, 2.45) is 0 Å². The quantitative estimate of drug-likeness (QED) is 0.639. The van der Waals surface area contributed by atoms with Gasteiger partial charge < -0.3 is 10.1 Å². The normalized spacial score (nSPS) is 18.5. The lowest BCUT2D eigenvalue weighted by Gasteiger charge is -2.31. The molecule has 0 aromatic heterocycles. The fourth-order valence-electron chi connectivity index (χ4n) is 4.16. The molecular formula is C24H27BrN2O4S. The Balaban J connectivity index is 1.43. The van der Waals surface area contributed by atoms with E-state index in [2.05, 4.69) is 33.2 Å². The highest BCUT2D eigenvalue weighted by Crippen LogP contribution is 2.29. The molecule has 0 bridgehead atoms. The molecule has 0 unspecified atom stereocenters. The van der Waals surface area contributed by atoms with Crippen LogP contribution in [0.25, 0.3) is 6.08 Å². The number of anilines is 1. The van der Waals surface area contributed by atoms with E-state index in [1.165, 1.54) is 5.56 Å². The topological polar surface area (TPSA) is 75.7 Å². The van der Waals surface area contributed by atoms with E-state index in [1.54, 1.807) is 24.3 Å². The maximum atomic E-state index is 12.9. The second kappa shape index (κ2) is 9.87. The zero-order valence-corrected chi connectivity index (χ0v) is 20.4. The summed E-state index contributed by atoms with van der Waals surface area (Å²) in [6.07, 6.45) is 3.95. The van der Waals surface area contributed by atoms with Crippen molar-refractivity contribution < 1.29 is 17.9 Å². The number of halogens is 1. The Kier molecular flexibility index (Phi) is 7.14. The molecule has 2 aromatic carbocycles. The van der Waals surface area contributed by atoms with Gasteiger partial charge in [-0.05, 0) is 73.8 Å². The number of benzene rings is 2. The van der Waals surface area contributed by atoms with Gasteiger partial charge in [-0.3, -0.25) is 9.69 Å². The van der Waals surface area contributed by atoms with Crippen molar-refractivity contribution >= 4 is 43.4 Å². The Morgan fingerprint density at radius 1 is 1.16 bits per heavy atom. The zero-order chi connectivity index (χ0) is 22.7. The summed E-state index contributed by atoms with van der Waals surface area (Å²) in [6, 6.07) is 13.4. The van der Waals surface area contributed by atoms with E-state index in [0.29, 0.717) is 22.9 Å². The van der Waals surface area contributed by atoms with Crippen molar-refractivity contribution in [2.75, 3.05) is 31.3 Å². The van der Waals surface area contributed by atoms with Crippen LogP contribution in [0.5, 0.6) is 0 Å². The van der Waals surface area contributed by atoms with Gasteiger partial charge in [0.05, 0.1) is 10.6 Å². The molecule has 1 saturated heterocycles. The fourth-order valence-corrected chi connectivity index (χ4v) is 6.00. The number of fused-ring (bicyclic) bond motifs is 1. The van der Waals surface area contributed by atoms with Crippen molar-refractivity contribution in [3.05, 3.63) is 63.6 Å². The maximum Gasteiger partial charge on any atom is 0.251 e. The molecule has 0 spiro atoms. The Morgan fingerprint density at radius 2 is 1.88 bits per heavy atom. The minimum Gasteiger partial charge on any atom is -0.381 e. The van der Waals surface area contributed by atoms with E-state index in [0.717, 1.165) is 37.1 Å². The smallest absolute Gasteiger partial charge is 0.251 e. The molecule has 6 nitrogen and oxygen atoms in total. The average Bonchev–Trinajstić information content (AvgIpc) is 2.91. The van der Waals surface area contributed by atoms with Gasteiger partial charge in [0.15, 0.2) is 9.84 Å². The number of hydrogen-bond donors (Lipinski definition) is 1. The molecule has 2 aliphatic rings. The molecule has 2 aromatic rings. The van der Waals surface area contributed by atoms with Crippen LogP contribution in [0.2, 0.25) is 0 Å². The number of rotatable bonds is 5. The van der Waals surface area contributed by atoms with Crippen LogP contribution in [-0.2, 0) is 25.9 Å². The zero-order valence-electron chi connectivity index (χ0n) is 18.0.